The van der Waals surface area contributed by atoms with Crippen LogP contribution in [0.1, 0.15) is 25.6 Å². The van der Waals surface area contributed by atoms with Crippen molar-refractivity contribution in [2.75, 3.05) is 18.6 Å². The second-order valence-electron chi connectivity index (χ2n) is 3.18. The van der Waals surface area contributed by atoms with Crippen LogP contribution in [0.25, 0.3) is 0 Å². The third-order valence-corrected chi connectivity index (χ3v) is 2.79. The highest BCUT2D eigenvalue weighted by atomic mass is 32.2. The Morgan fingerprint density at radius 1 is 1.47 bits per heavy atom. The Balaban J connectivity index is 2.62. The Morgan fingerprint density at radius 3 is 2.93 bits per heavy atom. The summed E-state index contributed by atoms with van der Waals surface area (Å²) in [6.07, 6.45) is 2.38. The monoisotopic (exact) mass is 227 g/mol. The number of ether oxygens (including phenoxy) is 1. The smallest absolute Gasteiger partial charge is 0.157 e. The van der Waals surface area contributed by atoms with E-state index in [0.717, 1.165) is 10.8 Å². The summed E-state index contributed by atoms with van der Waals surface area (Å²) in [4.78, 5) is 8.42. The molecular weight excluding hydrogens is 210 g/mol. The van der Waals surface area contributed by atoms with Gasteiger partial charge in [0.1, 0.15) is 17.5 Å². The van der Waals surface area contributed by atoms with Crippen LogP contribution in [0, 0.1) is 0 Å². The zero-order valence-electron chi connectivity index (χ0n) is 9.19. The lowest BCUT2D eigenvalue weighted by atomic mass is 10.4. The van der Waals surface area contributed by atoms with Crippen LogP contribution in [-0.4, -0.2) is 22.8 Å². The summed E-state index contributed by atoms with van der Waals surface area (Å²) in [5.41, 5.74) is 5.67. The van der Waals surface area contributed by atoms with E-state index in [1.807, 2.05) is 0 Å². The van der Waals surface area contributed by atoms with E-state index in [1.165, 1.54) is 12.8 Å². The van der Waals surface area contributed by atoms with Crippen molar-refractivity contribution in [2.24, 2.45) is 0 Å². The van der Waals surface area contributed by atoms with Gasteiger partial charge in [-0.15, -0.1) is 11.8 Å². The van der Waals surface area contributed by atoms with Gasteiger partial charge in [0, 0.05) is 13.2 Å². The molecule has 0 unspecified atom stereocenters. The molecule has 1 heterocycles. The van der Waals surface area contributed by atoms with Crippen LogP contribution in [0.5, 0.6) is 0 Å². The largest absolute Gasteiger partial charge is 0.384 e. The Bertz CT molecular complexity index is 307. The van der Waals surface area contributed by atoms with Gasteiger partial charge in [0.15, 0.2) is 5.82 Å². The fraction of sp³-hybridized carbons (Fsp3) is 0.600. The number of nitrogens with zero attached hydrogens (tertiary/aromatic N) is 2. The number of hydrogen-bond acceptors (Lipinski definition) is 5. The van der Waals surface area contributed by atoms with Gasteiger partial charge in [-0.2, -0.15) is 0 Å². The van der Waals surface area contributed by atoms with Crippen molar-refractivity contribution in [1.82, 2.24) is 9.97 Å². The van der Waals surface area contributed by atoms with Crippen molar-refractivity contribution in [3.05, 3.63) is 11.9 Å². The van der Waals surface area contributed by atoms with Crippen molar-refractivity contribution in [3.63, 3.8) is 0 Å². The zero-order valence-corrected chi connectivity index (χ0v) is 10.0. The number of rotatable bonds is 6. The highest BCUT2D eigenvalue weighted by Gasteiger charge is 2.02. The van der Waals surface area contributed by atoms with Crippen molar-refractivity contribution in [3.8, 4) is 0 Å². The van der Waals surface area contributed by atoms with Gasteiger partial charge in [-0.05, 0) is 12.2 Å². The first-order valence-electron chi connectivity index (χ1n) is 5.01. The SMILES string of the molecule is CCCCSc1cc(N)nc(COC)n1. The van der Waals surface area contributed by atoms with E-state index < -0.39 is 0 Å². The first kappa shape index (κ1) is 12.3. The molecule has 5 heteroatoms. The number of nitrogen functional groups attached to an aromatic ring is 1. The minimum absolute atomic E-state index is 0.409. The molecule has 0 radical (unpaired) electrons. The van der Waals surface area contributed by atoms with Gasteiger partial charge in [0.25, 0.3) is 0 Å². The molecule has 15 heavy (non-hydrogen) atoms. The topological polar surface area (TPSA) is 61.0 Å². The number of unbranched alkanes of at least 4 members (excludes halogenated alkanes) is 1. The average Bonchev–Trinajstić information content (AvgIpc) is 2.18. The fourth-order valence-electron chi connectivity index (χ4n) is 1.08. The first-order valence-corrected chi connectivity index (χ1v) is 6.00. The van der Waals surface area contributed by atoms with Crippen LogP contribution in [0.3, 0.4) is 0 Å². The third-order valence-electron chi connectivity index (χ3n) is 1.79. The quantitative estimate of drug-likeness (QED) is 0.458. The maximum atomic E-state index is 5.67. The Kier molecular flexibility index (Phi) is 5.42. The molecular formula is C10H17N3OS. The van der Waals surface area contributed by atoms with Crippen molar-refractivity contribution >= 4 is 17.6 Å². The van der Waals surface area contributed by atoms with Crippen LogP contribution >= 0.6 is 11.8 Å². The molecule has 0 aliphatic carbocycles. The molecule has 0 saturated carbocycles. The predicted molar refractivity (Wildman–Crippen MR) is 62.8 cm³/mol. The van der Waals surface area contributed by atoms with E-state index in [1.54, 1.807) is 24.9 Å². The lowest BCUT2D eigenvalue weighted by Crippen LogP contribution is -2.02. The third kappa shape index (κ3) is 4.48. The standard InChI is InChI=1S/C10H17N3OS/c1-3-4-5-15-10-6-8(11)12-9(13-10)7-14-2/h6H,3-5,7H2,1-2H3,(H2,11,12,13). The molecule has 0 amide bonds. The summed E-state index contributed by atoms with van der Waals surface area (Å²) in [5.74, 6) is 2.23. The lowest BCUT2D eigenvalue weighted by Gasteiger charge is -2.04. The van der Waals surface area contributed by atoms with Gasteiger partial charge in [-0.1, -0.05) is 13.3 Å². The minimum Gasteiger partial charge on any atom is -0.384 e. The minimum atomic E-state index is 0.409. The summed E-state index contributed by atoms with van der Waals surface area (Å²) in [7, 11) is 1.62. The number of anilines is 1. The zero-order chi connectivity index (χ0) is 11.1. The van der Waals surface area contributed by atoms with Crippen LogP contribution < -0.4 is 5.73 Å². The molecule has 84 valence electrons. The summed E-state index contributed by atoms with van der Waals surface area (Å²) in [5, 5.41) is 0.933. The molecule has 1 aromatic heterocycles. The van der Waals surface area contributed by atoms with Gasteiger partial charge >= 0.3 is 0 Å². The molecule has 0 aromatic carbocycles. The molecule has 0 aliphatic rings. The first-order chi connectivity index (χ1) is 7.26. The van der Waals surface area contributed by atoms with Gasteiger partial charge in [0.05, 0.1) is 0 Å². The fourth-order valence-corrected chi connectivity index (χ4v) is 2.10. The van der Waals surface area contributed by atoms with Crippen molar-refractivity contribution < 1.29 is 4.74 Å². The van der Waals surface area contributed by atoms with Crippen molar-refractivity contribution in [1.29, 1.82) is 0 Å². The number of nitrogens with two attached hydrogens (primary N) is 1. The molecule has 0 fully saturated rings. The van der Waals surface area contributed by atoms with Crippen LogP contribution in [-0.2, 0) is 11.3 Å². The number of hydrogen-bond donors (Lipinski definition) is 1. The maximum Gasteiger partial charge on any atom is 0.157 e. The second kappa shape index (κ2) is 6.63. The van der Waals surface area contributed by atoms with Crippen LogP contribution in [0.4, 0.5) is 5.82 Å². The molecule has 0 atom stereocenters. The highest BCUT2D eigenvalue weighted by Crippen LogP contribution is 2.18. The highest BCUT2D eigenvalue weighted by molar-refractivity contribution is 7.99. The number of thioether (sulfide) groups is 1. The average molecular weight is 227 g/mol. The Labute approximate surface area is 94.6 Å². The van der Waals surface area contributed by atoms with Gasteiger partial charge in [0.2, 0.25) is 0 Å². The van der Waals surface area contributed by atoms with Gasteiger partial charge in [-0.25, -0.2) is 9.97 Å². The molecule has 2 N–H and O–H groups in total. The normalized spacial score (nSPS) is 10.5. The molecule has 4 nitrogen and oxygen atoms in total. The Morgan fingerprint density at radius 2 is 2.27 bits per heavy atom. The van der Waals surface area contributed by atoms with Gasteiger partial charge < -0.3 is 10.5 Å². The molecule has 1 rings (SSSR count). The summed E-state index contributed by atoms with van der Waals surface area (Å²) >= 11 is 1.71. The summed E-state index contributed by atoms with van der Waals surface area (Å²) < 4.78 is 4.97. The number of methoxy groups -OCH3 is 1. The van der Waals surface area contributed by atoms with E-state index in [4.69, 9.17) is 10.5 Å². The van der Waals surface area contributed by atoms with E-state index in [9.17, 15) is 0 Å². The van der Waals surface area contributed by atoms with E-state index >= 15 is 0 Å². The van der Waals surface area contributed by atoms with Gasteiger partial charge in [-0.3, -0.25) is 0 Å². The molecule has 1 aromatic rings. The predicted octanol–water partition coefficient (Wildman–Crippen LogP) is 2.10. The van der Waals surface area contributed by atoms with Crippen LogP contribution in [0.15, 0.2) is 11.1 Å². The summed E-state index contributed by atoms with van der Waals surface area (Å²) in [6.45, 7) is 2.58. The lowest BCUT2D eigenvalue weighted by molar-refractivity contribution is 0.177. The number of aromatic nitrogens is 2. The molecule has 0 bridgehead atoms. The Hall–Kier alpha value is -0.810. The summed E-state index contributed by atoms with van der Waals surface area (Å²) in [6, 6.07) is 1.81. The maximum absolute atomic E-state index is 5.67. The molecule has 0 spiro atoms. The molecule has 0 saturated heterocycles. The van der Waals surface area contributed by atoms with E-state index in [0.29, 0.717) is 18.2 Å². The van der Waals surface area contributed by atoms with E-state index in [2.05, 4.69) is 16.9 Å². The second-order valence-corrected chi connectivity index (χ2v) is 4.30. The molecule has 0 aliphatic heterocycles. The van der Waals surface area contributed by atoms with Crippen LogP contribution in [0.2, 0.25) is 0 Å². The van der Waals surface area contributed by atoms with E-state index in [-0.39, 0.29) is 0 Å². The van der Waals surface area contributed by atoms with Crippen molar-refractivity contribution in [2.45, 2.75) is 31.4 Å².